The molecular weight excluding hydrogens is 411 g/mol. The molecule has 1 saturated heterocycles. The van der Waals surface area contributed by atoms with Gasteiger partial charge in [0.05, 0.1) is 34.7 Å². The zero-order valence-corrected chi connectivity index (χ0v) is 17.5. The fourth-order valence-corrected chi connectivity index (χ4v) is 4.51. The van der Waals surface area contributed by atoms with E-state index in [1.54, 1.807) is 6.92 Å². The molecule has 1 aliphatic heterocycles. The highest BCUT2D eigenvalue weighted by Crippen LogP contribution is 2.32. The van der Waals surface area contributed by atoms with E-state index in [9.17, 15) is 13.2 Å². The Balaban J connectivity index is 1.70. The number of fused-ring (bicyclic) bond motifs is 1. The summed E-state index contributed by atoms with van der Waals surface area (Å²) < 4.78 is 40.7. The van der Waals surface area contributed by atoms with E-state index in [-0.39, 0.29) is 5.56 Å². The Labute approximate surface area is 177 Å². The molecule has 0 bridgehead atoms. The van der Waals surface area contributed by atoms with Gasteiger partial charge in [0, 0.05) is 35.5 Å². The van der Waals surface area contributed by atoms with E-state index < -0.39 is 23.8 Å². The van der Waals surface area contributed by atoms with Gasteiger partial charge in [-0.15, -0.1) is 5.10 Å². The van der Waals surface area contributed by atoms with E-state index >= 15 is 0 Å². The molecule has 1 N–H and O–H groups in total. The van der Waals surface area contributed by atoms with Gasteiger partial charge in [0.25, 0.3) is 6.43 Å². The molecule has 0 amide bonds. The third kappa shape index (κ3) is 4.03. The first-order chi connectivity index (χ1) is 14.5. The van der Waals surface area contributed by atoms with Gasteiger partial charge in [0.15, 0.2) is 5.82 Å². The molecule has 1 atom stereocenters. The molecule has 1 aromatic carbocycles. The molecule has 4 rings (SSSR count). The number of nitrogens with one attached hydrogen (secondary N) is 1. The summed E-state index contributed by atoms with van der Waals surface area (Å²) in [7, 11) is 0. The summed E-state index contributed by atoms with van der Waals surface area (Å²) in [5.74, 6) is 1.67. The predicted molar refractivity (Wildman–Crippen MR) is 115 cm³/mol. The van der Waals surface area contributed by atoms with Crippen LogP contribution in [-0.4, -0.2) is 39.8 Å². The highest BCUT2D eigenvalue weighted by atomic mass is 32.2. The molecular formula is C21H22F3N5S. The van der Waals surface area contributed by atoms with Crippen LogP contribution in [-0.2, 0) is 0 Å². The summed E-state index contributed by atoms with van der Waals surface area (Å²) in [4.78, 5) is 6.86. The number of anilines is 2. The van der Waals surface area contributed by atoms with Gasteiger partial charge in [0.1, 0.15) is 5.82 Å². The molecule has 158 valence electrons. The number of pyridine rings is 1. The fourth-order valence-electron chi connectivity index (χ4n) is 3.60. The third-order valence-corrected chi connectivity index (χ3v) is 6.20. The van der Waals surface area contributed by atoms with E-state index in [0.717, 1.165) is 41.7 Å². The topological polar surface area (TPSA) is 53.9 Å². The van der Waals surface area contributed by atoms with Crippen LogP contribution in [0, 0.1) is 12.7 Å². The van der Waals surface area contributed by atoms with Crippen molar-refractivity contribution in [1.82, 2.24) is 15.2 Å². The third-order valence-electron chi connectivity index (χ3n) is 5.26. The van der Waals surface area contributed by atoms with E-state index in [1.165, 1.54) is 12.1 Å². The molecule has 5 nitrogen and oxygen atoms in total. The van der Waals surface area contributed by atoms with Gasteiger partial charge in [-0.25, -0.2) is 13.2 Å². The fraction of sp³-hybridized carbons (Fsp3) is 0.381. The lowest BCUT2D eigenvalue weighted by Gasteiger charge is -2.28. The average molecular weight is 434 g/mol. The summed E-state index contributed by atoms with van der Waals surface area (Å²) in [6.45, 7) is 5.43. The molecule has 0 spiro atoms. The average Bonchev–Trinajstić information content (AvgIpc) is 2.76. The lowest BCUT2D eigenvalue weighted by molar-refractivity contribution is 0.146. The van der Waals surface area contributed by atoms with Gasteiger partial charge >= 0.3 is 0 Å². The van der Waals surface area contributed by atoms with Crippen LogP contribution in [0.25, 0.3) is 10.9 Å². The number of benzene rings is 1. The Hall–Kier alpha value is -2.55. The van der Waals surface area contributed by atoms with Crippen molar-refractivity contribution in [2.24, 2.45) is 0 Å². The van der Waals surface area contributed by atoms with Crippen molar-refractivity contribution in [2.45, 2.75) is 26.3 Å². The van der Waals surface area contributed by atoms with Crippen LogP contribution >= 0.6 is 11.8 Å². The van der Waals surface area contributed by atoms with Crippen LogP contribution in [0.5, 0.6) is 0 Å². The Morgan fingerprint density at radius 2 is 1.87 bits per heavy atom. The van der Waals surface area contributed by atoms with Crippen LogP contribution in [0.2, 0.25) is 0 Å². The Morgan fingerprint density at radius 3 is 2.60 bits per heavy atom. The minimum Gasteiger partial charge on any atom is -0.369 e. The first-order valence-corrected chi connectivity index (χ1v) is 10.9. The molecule has 1 fully saturated rings. The monoisotopic (exact) mass is 433 g/mol. The molecule has 30 heavy (non-hydrogen) atoms. The lowest BCUT2D eigenvalue weighted by atomic mass is 10.0. The van der Waals surface area contributed by atoms with Crippen molar-refractivity contribution < 1.29 is 13.2 Å². The molecule has 0 radical (unpaired) electrons. The summed E-state index contributed by atoms with van der Waals surface area (Å²) in [6.07, 6.45) is -1.03. The Bertz CT molecular complexity index is 1060. The summed E-state index contributed by atoms with van der Waals surface area (Å²) >= 11 is 1.93. The maximum Gasteiger partial charge on any atom is 0.266 e. The number of halogens is 3. The van der Waals surface area contributed by atoms with Gasteiger partial charge < -0.3 is 10.2 Å². The van der Waals surface area contributed by atoms with E-state index in [0.29, 0.717) is 17.0 Å². The van der Waals surface area contributed by atoms with Gasteiger partial charge in [-0.3, -0.25) is 4.98 Å². The quantitative estimate of drug-likeness (QED) is 0.602. The minimum atomic E-state index is -2.87. The summed E-state index contributed by atoms with van der Waals surface area (Å²) in [5, 5.41) is 12.3. The highest BCUT2D eigenvalue weighted by molar-refractivity contribution is 7.99. The van der Waals surface area contributed by atoms with Crippen molar-refractivity contribution in [3.8, 4) is 0 Å². The molecule has 0 unspecified atom stereocenters. The highest BCUT2D eigenvalue weighted by Gasteiger charge is 2.21. The van der Waals surface area contributed by atoms with E-state index in [2.05, 4.69) is 25.4 Å². The number of aromatic nitrogens is 3. The van der Waals surface area contributed by atoms with Crippen molar-refractivity contribution in [1.29, 1.82) is 0 Å². The van der Waals surface area contributed by atoms with Crippen LogP contribution in [0.3, 0.4) is 0 Å². The Kier molecular flexibility index (Phi) is 5.99. The minimum absolute atomic E-state index is 0.153. The second-order valence-electron chi connectivity index (χ2n) is 7.24. The normalized spacial score (nSPS) is 15.6. The smallest absolute Gasteiger partial charge is 0.266 e. The molecule has 1 aliphatic rings. The molecule has 3 heterocycles. The van der Waals surface area contributed by atoms with Crippen molar-refractivity contribution in [3.05, 3.63) is 53.1 Å². The number of nitrogens with zero attached hydrogens (tertiary/aromatic N) is 4. The van der Waals surface area contributed by atoms with Crippen LogP contribution in [0.4, 0.5) is 24.7 Å². The van der Waals surface area contributed by atoms with Crippen molar-refractivity contribution in [3.63, 3.8) is 0 Å². The molecule has 9 heteroatoms. The van der Waals surface area contributed by atoms with Gasteiger partial charge in [-0.2, -0.15) is 16.9 Å². The van der Waals surface area contributed by atoms with E-state index in [4.69, 9.17) is 0 Å². The van der Waals surface area contributed by atoms with Gasteiger partial charge in [0.2, 0.25) is 0 Å². The van der Waals surface area contributed by atoms with Crippen molar-refractivity contribution >= 4 is 34.2 Å². The number of alkyl halides is 2. The SMILES string of the molecule is Cc1nnc(N[C@H](C)c2cccc(C(F)F)c2F)c2cc(N3CCSCC3)cnc12. The largest absolute Gasteiger partial charge is 0.369 e. The summed E-state index contributed by atoms with van der Waals surface area (Å²) in [6, 6.07) is 5.47. The standard InChI is InChI=1S/C21H22F3N5S/c1-12(15-4-3-5-16(18(15)22)20(23)24)26-21-17-10-14(29-6-8-30-9-7-29)11-25-19(17)13(2)27-28-21/h3-5,10-12,20H,6-9H2,1-2H3,(H,26,28)/t12-/m1/s1. The van der Waals surface area contributed by atoms with Crippen LogP contribution in [0.1, 0.15) is 36.2 Å². The first-order valence-electron chi connectivity index (χ1n) is 9.74. The van der Waals surface area contributed by atoms with Crippen LogP contribution in [0.15, 0.2) is 30.5 Å². The molecule has 3 aromatic rings. The molecule has 0 saturated carbocycles. The zero-order valence-electron chi connectivity index (χ0n) is 16.7. The van der Waals surface area contributed by atoms with Gasteiger partial charge in [-0.05, 0) is 19.9 Å². The number of aryl methyl sites for hydroxylation is 1. The number of thioether (sulfide) groups is 1. The van der Waals surface area contributed by atoms with Gasteiger partial charge in [-0.1, -0.05) is 18.2 Å². The second kappa shape index (κ2) is 8.67. The maximum atomic E-state index is 14.6. The van der Waals surface area contributed by atoms with E-state index in [1.807, 2.05) is 30.9 Å². The lowest BCUT2D eigenvalue weighted by Crippen LogP contribution is -2.32. The predicted octanol–water partition coefficient (Wildman–Crippen LogP) is 5.14. The molecule has 2 aromatic heterocycles. The number of hydrogen-bond donors (Lipinski definition) is 1. The van der Waals surface area contributed by atoms with Crippen molar-refractivity contribution in [2.75, 3.05) is 34.8 Å². The number of hydrogen-bond acceptors (Lipinski definition) is 6. The number of rotatable bonds is 5. The molecule has 0 aliphatic carbocycles. The maximum absolute atomic E-state index is 14.6. The summed E-state index contributed by atoms with van der Waals surface area (Å²) in [5.41, 5.74) is 1.94. The van der Waals surface area contributed by atoms with Crippen LogP contribution < -0.4 is 10.2 Å². The first kappa shape index (κ1) is 20.7. The zero-order chi connectivity index (χ0) is 21.3. The second-order valence-corrected chi connectivity index (χ2v) is 8.47. The Morgan fingerprint density at radius 1 is 1.13 bits per heavy atom.